The van der Waals surface area contributed by atoms with Crippen molar-refractivity contribution in [1.82, 2.24) is 4.90 Å². The van der Waals surface area contributed by atoms with Gasteiger partial charge in [0.15, 0.2) is 17.3 Å². The van der Waals surface area contributed by atoms with Crippen LogP contribution < -0.4 is 9.47 Å². The van der Waals surface area contributed by atoms with Gasteiger partial charge in [-0.3, -0.25) is 9.69 Å². The topological polar surface area (TPSA) is 113 Å². The number of carbonyl (C=O) groups excluding carboxylic acids is 1. The molecule has 2 aromatic carbocycles. The summed E-state index contributed by atoms with van der Waals surface area (Å²) in [4.78, 5) is 33.7. The van der Waals surface area contributed by atoms with E-state index in [1.54, 1.807) is 14.2 Å². The molecule has 0 saturated carbocycles. The van der Waals surface area contributed by atoms with Crippen LogP contribution in [-0.4, -0.2) is 60.1 Å². The van der Waals surface area contributed by atoms with Gasteiger partial charge in [-0.1, -0.05) is 30.3 Å². The number of methoxy groups -OCH3 is 2. The number of carboxylic acids is 2. The number of hydrogen-bond acceptors (Lipinski definition) is 6. The summed E-state index contributed by atoms with van der Waals surface area (Å²) in [5.74, 6) is -1.27. The summed E-state index contributed by atoms with van der Waals surface area (Å²) < 4.78 is 10.8. The lowest BCUT2D eigenvalue weighted by Gasteiger charge is -2.32. The van der Waals surface area contributed by atoms with E-state index in [2.05, 4.69) is 35.2 Å². The number of piperidine rings is 1. The minimum Gasteiger partial charge on any atom is -0.493 e. The number of rotatable bonds is 6. The molecule has 0 amide bonds. The molecule has 34 heavy (non-hydrogen) atoms. The number of hydrogen-bond donors (Lipinski definition) is 2. The highest BCUT2D eigenvalue weighted by Gasteiger charge is 2.34. The Balaban J connectivity index is 0.000000481. The Morgan fingerprint density at radius 2 is 1.56 bits per heavy atom. The maximum Gasteiger partial charge on any atom is 0.414 e. The zero-order valence-corrected chi connectivity index (χ0v) is 19.5. The quantitative estimate of drug-likeness (QED) is 0.618. The highest BCUT2D eigenvalue weighted by Crippen LogP contribution is 2.39. The van der Waals surface area contributed by atoms with Crippen LogP contribution in [0.4, 0.5) is 0 Å². The van der Waals surface area contributed by atoms with Crippen molar-refractivity contribution in [1.29, 1.82) is 0 Å². The largest absolute Gasteiger partial charge is 0.493 e. The first-order valence-electron chi connectivity index (χ1n) is 11.3. The van der Waals surface area contributed by atoms with E-state index in [0.29, 0.717) is 17.4 Å². The molecule has 1 heterocycles. The van der Waals surface area contributed by atoms with Crippen LogP contribution >= 0.6 is 0 Å². The third kappa shape index (κ3) is 6.35. The lowest BCUT2D eigenvalue weighted by molar-refractivity contribution is -0.159. The molecule has 1 atom stereocenters. The van der Waals surface area contributed by atoms with E-state index >= 15 is 0 Å². The van der Waals surface area contributed by atoms with E-state index in [1.165, 1.54) is 18.4 Å². The molecule has 2 N–H and O–H groups in total. The zero-order valence-electron chi connectivity index (χ0n) is 19.5. The third-order valence-electron chi connectivity index (χ3n) is 6.47. The van der Waals surface area contributed by atoms with Crippen molar-refractivity contribution in [2.45, 2.75) is 32.2 Å². The van der Waals surface area contributed by atoms with Gasteiger partial charge in [-0.05, 0) is 68.0 Å². The van der Waals surface area contributed by atoms with Gasteiger partial charge in [-0.25, -0.2) is 9.59 Å². The van der Waals surface area contributed by atoms with Crippen molar-refractivity contribution in [3.8, 4) is 11.5 Å². The standard InChI is InChI=1S/C24H29NO3.C2H2O4/c1-27-22-14-19-13-20(24(26)21(19)15-23(22)28-2)12-17-8-10-25(11-9-17)16-18-6-4-3-5-7-18;3-1(4)2(5)6/h3-7,14-15,17,20H,8-13,16H2,1-2H3;(H,3,4)(H,5,6). The number of ketones is 1. The van der Waals surface area contributed by atoms with Crippen LogP contribution in [-0.2, 0) is 22.6 Å². The van der Waals surface area contributed by atoms with Crippen LogP contribution in [0.3, 0.4) is 0 Å². The normalized spacial score (nSPS) is 17.9. The Kier molecular flexibility index (Phi) is 8.65. The van der Waals surface area contributed by atoms with Gasteiger partial charge in [-0.2, -0.15) is 0 Å². The first-order valence-corrected chi connectivity index (χ1v) is 11.3. The Morgan fingerprint density at radius 1 is 0.971 bits per heavy atom. The minimum atomic E-state index is -1.82. The highest BCUT2D eigenvalue weighted by molar-refractivity contribution is 6.27. The summed E-state index contributed by atoms with van der Waals surface area (Å²) in [5, 5.41) is 14.8. The first kappa shape index (κ1) is 25.2. The van der Waals surface area contributed by atoms with Crippen molar-refractivity contribution in [3.63, 3.8) is 0 Å². The number of carbonyl (C=O) groups is 3. The second-order valence-corrected chi connectivity index (χ2v) is 8.68. The monoisotopic (exact) mass is 469 g/mol. The second-order valence-electron chi connectivity index (χ2n) is 8.68. The summed E-state index contributed by atoms with van der Waals surface area (Å²) in [6.07, 6.45) is 4.19. The molecule has 0 aromatic heterocycles. The molecule has 0 bridgehead atoms. The average Bonchev–Trinajstić information content (AvgIpc) is 3.14. The minimum absolute atomic E-state index is 0.109. The van der Waals surface area contributed by atoms with Gasteiger partial charge < -0.3 is 19.7 Å². The predicted molar refractivity (Wildman–Crippen MR) is 125 cm³/mol. The lowest BCUT2D eigenvalue weighted by atomic mass is 9.85. The number of likely N-dealkylation sites (tertiary alicyclic amines) is 1. The summed E-state index contributed by atoms with van der Waals surface area (Å²) >= 11 is 0. The molecule has 2 aromatic rings. The molecular formula is C26H31NO7. The van der Waals surface area contributed by atoms with Crippen LogP contribution in [0.25, 0.3) is 0 Å². The third-order valence-corrected chi connectivity index (χ3v) is 6.47. The van der Waals surface area contributed by atoms with Crippen LogP contribution in [0, 0.1) is 11.8 Å². The van der Waals surface area contributed by atoms with Crippen molar-refractivity contribution in [2.24, 2.45) is 11.8 Å². The van der Waals surface area contributed by atoms with Crippen LogP contribution in [0.5, 0.6) is 11.5 Å². The maximum atomic E-state index is 12.9. The lowest BCUT2D eigenvalue weighted by Crippen LogP contribution is -2.34. The zero-order chi connectivity index (χ0) is 24.7. The van der Waals surface area contributed by atoms with Crippen molar-refractivity contribution >= 4 is 17.7 Å². The number of benzene rings is 2. The van der Waals surface area contributed by atoms with Crippen molar-refractivity contribution in [3.05, 3.63) is 59.2 Å². The van der Waals surface area contributed by atoms with E-state index in [-0.39, 0.29) is 11.7 Å². The predicted octanol–water partition coefficient (Wildman–Crippen LogP) is 3.52. The summed E-state index contributed by atoms with van der Waals surface area (Å²) in [6, 6.07) is 14.5. The van der Waals surface area contributed by atoms with E-state index < -0.39 is 11.9 Å². The maximum absolute atomic E-state index is 12.9. The van der Waals surface area contributed by atoms with Gasteiger partial charge in [0.2, 0.25) is 0 Å². The number of aliphatic carboxylic acids is 2. The number of nitrogens with zero attached hydrogens (tertiary/aromatic N) is 1. The summed E-state index contributed by atoms with van der Waals surface area (Å²) in [5.41, 5.74) is 3.31. The molecule has 1 unspecified atom stereocenters. The molecule has 4 rings (SSSR count). The molecule has 1 saturated heterocycles. The van der Waals surface area contributed by atoms with Gasteiger partial charge >= 0.3 is 11.9 Å². The first-order chi connectivity index (χ1) is 16.3. The number of Topliss-reactive ketones (excluding diaryl/α,β-unsaturated/α-hetero) is 1. The Labute approximate surface area is 199 Å². The fraction of sp³-hybridized carbons (Fsp3) is 0.423. The molecule has 1 fully saturated rings. The Hall–Kier alpha value is -3.39. The molecular weight excluding hydrogens is 438 g/mol. The van der Waals surface area contributed by atoms with Gasteiger partial charge in [0, 0.05) is 18.0 Å². The van der Waals surface area contributed by atoms with Crippen LogP contribution in [0.1, 0.15) is 40.7 Å². The smallest absolute Gasteiger partial charge is 0.414 e. The van der Waals surface area contributed by atoms with Crippen LogP contribution in [0.2, 0.25) is 0 Å². The van der Waals surface area contributed by atoms with Crippen molar-refractivity contribution in [2.75, 3.05) is 27.3 Å². The molecule has 182 valence electrons. The fourth-order valence-electron chi connectivity index (χ4n) is 4.71. The molecule has 1 aliphatic heterocycles. The van der Waals surface area contributed by atoms with E-state index in [1.807, 2.05) is 12.1 Å². The number of ether oxygens (including phenoxy) is 2. The van der Waals surface area contributed by atoms with Gasteiger partial charge in [0.25, 0.3) is 0 Å². The molecule has 8 nitrogen and oxygen atoms in total. The Morgan fingerprint density at radius 3 is 2.12 bits per heavy atom. The van der Waals surface area contributed by atoms with E-state index in [4.69, 9.17) is 29.3 Å². The fourth-order valence-corrected chi connectivity index (χ4v) is 4.71. The SMILES string of the molecule is COc1cc2c(cc1OC)C(=O)C(CC1CCN(Cc3ccccc3)CC1)C2.O=C(O)C(=O)O. The van der Waals surface area contributed by atoms with Gasteiger partial charge in [0.05, 0.1) is 14.2 Å². The highest BCUT2D eigenvalue weighted by atomic mass is 16.5. The molecule has 0 radical (unpaired) electrons. The number of fused-ring (bicyclic) bond motifs is 1. The average molecular weight is 470 g/mol. The Bertz CT molecular complexity index is 1000. The van der Waals surface area contributed by atoms with E-state index in [0.717, 1.165) is 43.6 Å². The second kappa shape index (κ2) is 11.7. The van der Waals surface area contributed by atoms with Crippen molar-refractivity contribution < 1.29 is 34.1 Å². The molecule has 0 spiro atoms. The molecule has 8 heteroatoms. The van der Waals surface area contributed by atoms with Crippen LogP contribution in [0.15, 0.2) is 42.5 Å². The molecule has 1 aliphatic carbocycles. The summed E-state index contributed by atoms with van der Waals surface area (Å²) in [6.45, 7) is 3.27. The van der Waals surface area contributed by atoms with Gasteiger partial charge in [0.1, 0.15) is 0 Å². The van der Waals surface area contributed by atoms with E-state index in [9.17, 15) is 4.79 Å². The van der Waals surface area contributed by atoms with Gasteiger partial charge in [-0.15, -0.1) is 0 Å². The number of carboxylic acid groups (broad SMARTS) is 2. The molecule has 2 aliphatic rings. The summed E-state index contributed by atoms with van der Waals surface area (Å²) in [7, 11) is 3.26.